The summed E-state index contributed by atoms with van der Waals surface area (Å²) < 4.78 is 15.4. The highest BCUT2D eigenvalue weighted by Crippen LogP contribution is 2.17. The van der Waals surface area contributed by atoms with Gasteiger partial charge in [-0.2, -0.15) is 5.10 Å². The minimum absolute atomic E-state index is 0. The van der Waals surface area contributed by atoms with E-state index in [0.717, 1.165) is 25.9 Å². The summed E-state index contributed by atoms with van der Waals surface area (Å²) in [6.45, 7) is 1.78. The second kappa shape index (κ2) is 8.94. The zero-order valence-electron chi connectivity index (χ0n) is 13.7. The highest BCUT2D eigenvalue weighted by Gasteiger charge is 2.19. The van der Waals surface area contributed by atoms with Crippen LogP contribution in [0, 0.1) is 5.82 Å². The number of amides is 1. The van der Waals surface area contributed by atoms with Gasteiger partial charge in [0, 0.05) is 24.8 Å². The number of hydrogen-bond donors (Lipinski definition) is 3. The molecule has 136 valence electrons. The number of aromatic nitrogens is 2. The van der Waals surface area contributed by atoms with Crippen LogP contribution in [0.2, 0.25) is 0 Å². The topological polar surface area (TPSA) is 79.2 Å². The summed E-state index contributed by atoms with van der Waals surface area (Å²) in [4.78, 5) is 12.2. The van der Waals surface area contributed by atoms with Gasteiger partial charge in [0.15, 0.2) is 0 Å². The van der Waals surface area contributed by atoms with Gasteiger partial charge in [0.25, 0.3) is 5.91 Å². The molecular formula is C17H22ClFN4O2. The molecule has 1 saturated heterocycles. The van der Waals surface area contributed by atoms with Crippen LogP contribution in [0.5, 0.6) is 0 Å². The molecule has 1 amide bonds. The Hall–Kier alpha value is -1.96. The number of carbonyl (C=O) groups is 1. The van der Waals surface area contributed by atoms with Crippen LogP contribution in [0.3, 0.4) is 0 Å². The number of nitrogens with one attached hydrogen (secondary N) is 2. The fourth-order valence-electron chi connectivity index (χ4n) is 2.86. The first-order valence-electron chi connectivity index (χ1n) is 8.11. The quantitative estimate of drug-likeness (QED) is 0.752. The third kappa shape index (κ3) is 4.78. The molecular weight excluding hydrogens is 347 g/mol. The summed E-state index contributed by atoms with van der Waals surface area (Å²) >= 11 is 0. The van der Waals surface area contributed by atoms with Crippen molar-refractivity contribution in [3.8, 4) is 0 Å². The van der Waals surface area contributed by atoms with Crippen molar-refractivity contribution >= 4 is 18.3 Å². The molecule has 0 spiro atoms. The van der Waals surface area contributed by atoms with E-state index in [1.165, 1.54) is 12.1 Å². The summed E-state index contributed by atoms with van der Waals surface area (Å²) in [6.07, 6.45) is 2.81. The predicted octanol–water partition coefficient (Wildman–Crippen LogP) is 1.83. The zero-order valence-corrected chi connectivity index (χ0v) is 14.5. The van der Waals surface area contributed by atoms with E-state index >= 15 is 0 Å². The number of piperidine rings is 1. The number of halogens is 2. The van der Waals surface area contributed by atoms with Crippen molar-refractivity contribution in [1.29, 1.82) is 0 Å². The SMILES string of the molecule is Cl.O=C(NCC(O)c1ccccc1F)c1ccn(C2CCCNC2)n1. The fraction of sp³-hybridized carbons (Fsp3) is 0.412. The molecule has 0 radical (unpaired) electrons. The first-order chi connectivity index (χ1) is 11.6. The van der Waals surface area contributed by atoms with E-state index < -0.39 is 11.9 Å². The molecule has 2 unspecified atom stereocenters. The molecule has 0 aliphatic carbocycles. The third-order valence-electron chi connectivity index (χ3n) is 4.21. The summed E-state index contributed by atoms with van der Waals surface area (Å²) in [7, 11) is 0. The number of benzene rings is 1. The van der Waals surface area contributed by atoms with Crippen LogP contribution in [-0.2, 0) is 0 Å². The van der Waals surface area contributed by atoms with E-state index in [0.29, 0.717) is 5.69 Å². The van der Waals surface area contributed by atoms with Crippen LogP contribution in [0.4, 0.5) is 4.39 Å². The Morgan fingerprint density at radius 2 is 2.24 bits per heavy atom. The average Bonchev–Trinajstić information content (AvgIpc) is 3.11. The maximum atomic E-state index is 13.6. The predicted molar refractivity (Wildman–Crippen MR) is 94.3 cm³/mol. The number of carbonyl (C=O) groups excluding carboxylic acids is 1. The Bertz CT molecular complexity index is 703. The first kappa shape index (κ1) is 19.4. The van der Waals surface area contributed by atoms with Crippen molar-refractivity contribution in [2.75, 3.05) is 19.6 Å². The first-order valence-corrected chi connectivity index (χ1v) is 8.11. The van der Waals surface area contributed by atoms with E-state index in [9.17, 15) is 14.3 Å². The number of nitrogens with zero attached hydrogens (tertiary/aromatic N) is 2. The molecule has 1 aliphatic heterocycles. The molecule has 1 fully saturated rings. The van der Waals surface area contributed by atoms with E-state index in [4.69, 9.17) is 0 Å². The lowest BCUT2D eigenvalue weighted by Gasteiger charge is -2.22. The second-order valence-corrected chi connectivity index (χ2v) is 5.93. The summed E-state index contributed by atoms with van der Waals surface area (Å²) in [5.41, 5.74) is 0.456. The normalized spacial score (nSPS) is 18.2. The number of rotatable bonds is 5. The maximum absolute atomic E-state index is 13.6. The van der Waals surface area contributed by atoms with Crippen molar-refractivity contribution in [2.45, 2.75) is 25.0 Å². The van der Waals surface area contributed by atoms with Gasteiger partial charge in [-0.15, -0.1) is 12.4 Å². The molecule has 0 saturated carbocycles. The van der Waals surface area contributed by atoms with E-state index in [1.807, 2.05) is 0 Å². The van der Waals surface area contributed by atoms with Gasteiger partial charge in [-0.3, -0.25) is 9.48 Å². The van der Waals surface area contributed by atoms with Crippen LogP contribution in [0.15, 0.2) is 36.5 Å². The molecule has 3 N–H and O–H groups in total. The minimum atomic E-state index is -1.10. The molecule has 2 heterocycles. The maximum Gasteiger partial charge on any atom is 0.271 e. The van der Waals surface area contributed by atoms with Crippen molar-refractivity contribution in [2.24, 2.45) is 0 Å². The van der Waals surface area contributed by atoms with Gasteiger partial charge in [0.1, 0.15) is 11.5 Å². The average molecular weight is 369 g/mol. The lowest BCUT2D eigenvalue weighted by Crippen LogP contribution is -2.32. The Labute approximate surface area is 151 Å². The highest BCUT2D eigenvalue weighted by molar-refractivity contribution is 5.92. The molecule has 0 bridgehead atoms. The molecule has 2 atom stereocenters. The van der Waals surface area contributed by atoms with Gasteiger partial charge in [0.2, 0.25) is 0 Å². The van der Waals surface area contributed by atoms with Gasteiger partial charge in [-0.25, -0.2) is 4.39 Å². The molecule has 2 aromatic rings. The van der Waals surface area contributed by atoms with Gasteiger partial charge in [-0.1, -0.05) is 18.2 Å². The van der Waals surface area contributed by atoms with Crippen molar-refractivity contribution in [1.82, 2.24) is 20.4 Å². The van der Waals surface area contributed by atoms with Crippen LogP contribution >= 0.6 is 12.4 Å². The molecule has 6 nitrogen and oxygen atoms in total. The smallest absolute Gasteiger partial charge is 0.271 e. The van der Waals surface area contributed by atoms with Crippen LogP contribution in [-0.4, -0.2) is 40.4 Å². The lowest BCUT2D eigenvalue weighted by atomic mass is 10.1. The minimum Gasteiger partial charge on any atom is -0.386 e. The van der Waals surface area contributed by atoms with Gasteiger partial charge in [0.05, 0.1) is 12.1 Å². The summed E-state index contributed by atoms with van der Waals surface area (Å²) in [5.74, 6) is -0.874. The number of aliphatic hydroxyl groups is 1. The van der Waals surface area contributed by atoms with E-state index in [-0.39, 0.29) is 36.5 Å². The molecule has 1 aromatic heterocycles. The Morgan fingerprint density at radius 3 is 2.96 bits per heavy atom. The molecule has 25 heavy (non-hydrogen) atoms. The van der Waals surface area contributed by atoms with Crippen LogP contribution in [0.1, 0.15) is 41.0 Å². The van der Waals surface area contributed by atoms with E-state index in [1.54, 1.807) is 29.1 Å². The monoisotopic (exact) mass is 368 g/mol. The largest absolute Gasteiger partial charge is 0.386 e. The number of aliphatic hydroxyl groups excluding tert-OH is 1. The molecule has 1 aromatic carbocycles. The standard InChI is InChI=1S/C17H21FN4O2.ClH/c18-14-6-2-1-5-13(14)16(23)11-20-17(24)15-7-9-22(21-15)12-4-3-8-19-10-12;/h1-2,5-7,9,12,16,19,23H,3-4,8,10-11H2,(H,20,24);1H. The van der Waals surface area contributed by atoms with Gasteiger partial charge >= 0.3 is 0 Å². The lowest BCUT2D eigenvalue weighted by molar-refractivity contribution is 0.0908. The fourth-order valence-corrected chi connectivity index (χ4v) is 2.86. The van der Waals surface area contributed by atoms with E-state index in [2.05, 4.69) is 15.7 Å². The second-order valence-electron chi connectivity index (χ2n) is 5.93. The van der Waals surface area contributed by atoms with Crippen molar-refractivity contribution in [3.05, 3.63) is 53.6 Å². The van der Waals surface area contributed by atoms with Crippen molar-refractivity contribution < 1.29 is 14.3 Å². The number of hydrogen-bond acceptors (Lipinski definition) is 4. The van der Waals surface area contributed by atoms with Crippen molar-refractivity contribution in [3.63, 3.8) is 0 Å². The summed E-state index contributed by atoms with van der Waals surface area (Å²) in [5, 5.41) is 20.2. The third-order valence-corrected chi connectivity index (χ3v) is 4.21. The van der Waals surface area contributed by atoms with Gasteiger partial charge < -0.3 is 15.7 Å². The Balaban J connectivity index is 0.00000225. The summed E-state index contributed by atoms with van der Waals surface area (Å²) in [6, 6.07) is 7.88. The molecule has 3 rings (SSSR count). The zero-order chi connectivity index (χ0) is 16.9. The Kier molecular flexibility index (Phi) is 6.92. The molecule has 8 heteroatoms. The Morgan fingerprint density at radius 1 is 1.44 bits per heavy atom. The molecule has 1 aliphatic rings. The highest BCUT2D eigenvalue weighted by atomic mass is 35.5. The van der Waals surface area contributed by atoms with Crippen LogP contribution < -0.4 is 10.6 Å². The van der Waals surface area contributed by atoms with Gasteiger partial charge in [-0.05, 0) is 31.5 Å². The van der Waals surface area contributed by atoms with Crippen LogP contribution in [0.25, 0.3) is 0 Å².